The van der Waals surface area contributed by atoms with E-state index in [4.69, 9.17) is 0 Å². The molecule has 0 radical (unpaired) electrons. The summed E-state index contributed by atoms with van der Waals surface area (Å²) in [7, 11) is 0. The lowest BCUT2D eigenvalue weighted by Crippen LogP contribution is -2.34. The predicted molar refractivity (Wildman–Crippen MR) is 73.6 cm³/mol. The van der Waals surface area contributed by atoms with E-state index in [2.05, 4.69) is 4.98 Å². The Balaban J connectivity index is 2.16. The van der Waals surface area contributed by atoms with Crippen LogP contribution in [0.5, 0.6) is 0 Å². The van der Waals surface area contributed by atoms with Crippen molar-refractivity contribution in [1.82, 2.24) is 9.55 Å². The van der Waals surface area contributed by atoms with Crippen LogP contribution in [-0.4, -0.2) is 21.1 Å². The number of carbonyl (C=O) groups is 2. The Morgan fingerprint density at radius 1 is 1.25 bits per heavy atom. The first-order valence-corrected chi connectivity index (χ1v) is 6.59. The van der Waals surface area contributed by atoms with Crippen LogP contribution in [-0.2, 0) is 9.59 Å². The van der Waals surface area contributed by atoms with Gasteiger partial charge in [0.15, 0.2) is 5.78 Å². The van der Waals surface area contributed by atoms with Crippen LogP contribution in [0.3, 0.4) is 0 Å². The highest BCUT2D eigenvalue weighted by Gasteiger charge is 2.29. The summed E-state index contributed by atoms with van der Waals surface area (Å²) in [4.78, 5) is 40.1. The average Bonchev–Trinajstić information content (AvgIpc) is 2.40. The standard InChI is InChI=1S/C15H14N2O3/c1-9-3-2-4-11-14(9)15(20)17(8-16-11)12-6-5-10(18)7-13(12)19/h2-4,8,12H,5-7H2,1H3. The monoisotopic (exact) mass is 270 g/mol. The quantitative estimate of drug-likeness (QED) is 0.737. The SMILES string of the molecule is Cc1cccc2ncn(C3CCC(=O)CC3=O)c(=O)c12. The van der Waals surface area contributed by atoms with E-state index in [1.54, 1.807) is 6.07 Å². The molecule has 1 fully saturated rings. The van der Waals surface area contributed by atoms with E-state index in [-0.39, 0.29) is 23.5 Å². The molecule has 3 rings (SSSR count). The fourth-order valence-corrected chi connectivity index (χ4v) is 2.72. The van der Waals surface area contributed by atoms with Gasteiger partial charge in [-0.05, 0) is 25.0 Å². The number of carbonyl (C=O) groups excluding carboxylic acids is 2. The van der Waals surface area contributed by atoms with Gasteiger partial charge < -0.3 is 0 Å². The van der Waals surface area contributed by atoms with Gasteiger partial charge in [-0.15, -0.1) is 0 Å². The number of rotatable bonds is 1. The molecule has 0 aliphatic heterocycles. The number of aryl methyl sites for hydroxylation is 1. The average molecular weight is 270 g/mol. The van der Waals surface area contributed by atoms with Crippen molar-refractivity contribution in [1.29, 1.82) is 0 Å². The molecule has 0 saturated heterocycles. The van der Waals surface area contributed by atoms with Gasteiger partial charge in [-0.3, -0.25) is 19.0 Å². The third kappa shape index (κ3) is 1.95. The van der Waals surface area contributed by atoms with E-state index in [0.29, 0.717) is 23.7 Å². The lowest BCUT2D eigenvalue weighted by Gasteiger charge is -2.22. The number of Topliss-reactive ketones (excluding diaryl/α,β-unsaturated/α-hetero) is 2. The molecule has 0 bridgehead atoms. The summed E-state index contributed by atoms with van der Waals surface area (Å²) < 4.78 is 1.38. The molecule has 0 N–H and O–H groups in total. The molecule has 1 atom stereocenters. The van der Waals surface area contributed by atoms with Crippen LogP contribution in [0, 0.1) is 6.92 Å². The normalized spacial score (nSPS) is 19.6. The van der Waals surface area contributed by atoms with Gasteiger partial charge in [0.1, 0.15) is 5.78 Å². The van der Waals surface area contributed by atoms with Gasteiger partial charge in [0.2, 0.25) is 0 Å². The number of nitrogens with zero attached hydrogens (tertiary/aromatic N) is 2. The maximum absolute atomic E-state index is 12.6. The van der Waals surface area contributed by atoms with Crippen LogP contribution in [0.1, 0.15) is 30.9 Å². The first kappa shape index (κ1) is 12.7. The zero-order valence-electron chi connectivity index (χ0n) is 11.1. The van der Waals surface area contributed by atoms with E-state index in [0.717, 1.165) is 5.56 Å². The van der Waals surface area contributed by atoms with Gasteiger partial charge in [0.25, 0.3) is 5.56 Å². The summed E-state index contributed by atoms with van der Waals surface area (Å²) in [6, 6.07) is 4.91. The van der Waals surface area contributed by atoms with Gasteiger partial charge in [0, 0.05) is 6.42 Å². The molecule has 5 nitrogen and oxygen atoms in total. The molecule has 1 aliphatic rings. The fourth-order valence-electron chi connectivity index (χ4n) is 2.72. The Bertz CT molecular complexity index is 776. The van der Waals surface area contributed by atoms with E-state index < -0.39 is 6.04 Å². The maximum Gasteiger partial charge on any atom is 0.262 e. The van der Waals surface area contributed by atoms with Crippen LogP contribution < -0.4 is 5.56 Å². The van der Waals surface area contributed by atoms with Gasteiger partial charge in [0.05, 0.1) is 29.7 Å². The maximum atomic E-state index is 12.6. The Kier molecular flexibility index (Phi) is 2.97. The molecule has 0 amide bonds. The van der Waals surface area contributed by atoms with E-state index in [9.17, 15) is 14.4 Å². The number of aromatic nitrogens is 2. The molecule has 102 valence electrons. The summed E-state index contributed by atoms with van der Waals surface area (Å²) in [5.74, 6) is -0.248. The highest BCUT2D eigenvalue weighted by atomic mass is 16.2. The van der Waals surface area contributed by atoms with Crippen molar-refractivity contribution in [3.05, 3.63) is 40.4 Å². The van der Waals surface area contributed by atoms with Crippen LogP contribution >= 0.6 is 0 Å². The molecular formula is C15H14N2O3. The largest absolute Gasteiger partial charge is 0.299 e. The zero-order chi connectivity index (χ0) is 14.3. The molecule has 1 heterocycles. The second-order valence-corrected chi connectivity index (χ2v) is 5.16. The van der Waals surface area contributed by atoms with Gasteiger partial charge in [-0.2, -0.15) is 0 Å². The van der Waals surface area contributed by atoms with Gasteiger partial charge in [-0.25, -0.2) is 4.98 Å². The third-order valence-electron chi connectivity index (χ3n) is 3.80. The Labute approximate surface area is 115 Å². The molecule has 0 spiro atoms. The van der Waals surface area contributed by atoms with Crippen molar-refractivity contribution in [3.8, 4) is 0 Å². The van der Waals surface area contributed by atoms with Gasteiger partial charge in [-0.1, -0.05) is 12.1 Å². The number of hydrogen-bond donors (Lipinski definition) is 0. The van der Waals surface area contributed by atoms with Crippen molar-refractivity contribution in [2.75, 3.05) is 0 Å². The molecule has 1 aliphatic carbocycles. The highest BCUT2D eigenvalue weighted by molar-refractivity contribution is 6.03. The number of fused-ring (bicyclic) bond motifs is 1. The molecule has 1 saturated carbocycles. The van der Waals surface area contributed by atoms with Gasteiger partial charge >= 0.3 is 0 Å². The summed E-state index contributed by atoms with van der Waals surface area (Å²) in [5, 5.41) is 0.541. The second-order valence-electron chi connectivity index (χ2n) is 5.16. The molecule has 20 heavy (non-hydrogen) atoms. The van der Waals surface area contributed by atoms with E-state index >= 15 is 0 Å². The Morgan fingerprint density at radius 3 is 2.80 bits per heavy atom. The van der Waals surface area contributed by atoms with E-state index in [1.807, 2.05) is 19.1 Å². The summed E-state index contributed by atoms with van der Waals surface area (Å²) in [6.45, 7) is 1.85. The van der Waals surface area contributed by atoms with E-state index in [1.165, 1.54) is 10.9 Å². The molecule has 2 aromatic rings. The predicted octanol–water partition coefficient (Wildman–Crippen LogP) is 1.57. The molecule has 5 heteroatoms. The Hall–Kier alpha value is -2.30. The van der Waals surface area contributed by atoms with Crippen molar-refractivity contribution in [2.45, 2.75) is 32.2 Å². The van der Waals surface area contributed by atoms with Crippen LogP contribution in [0.15, 0.2) is 29.3 Å². The van der Waals surface area contributed by atoms with Crippen molar-refractivity contribution in [2.24, 2.45) is 0 Å². The summed E-state index contributed by atoms with van der Waals surface area (Å²) in [6.07, 6.45) is 2.07. The first-order chi connectivity index (χ1) is 9.58. The fraction of sp³-hybridized carbons (Fsp3) is 0.333. The molecular weight excluding hydrogens is 256 g/mol. The lowest BCUT2D eigenvalue weighted by atomic mass is 9.93. The van der Waals surface area contributed by atoms with Crippen LogP contribution in [0.4, 0.5) is 0 Å². The topological polar surface area (TPSA) is 69.0 Å². The minimum absolute atomic E-state index is 0.0516. The second kappa shape index (κ2) is 4.67. The molecule has 1 aromatic carbocycles. The highest BCUT2D eigenvalue weighted by Crippen LogP contribution is 2.22. The van der Waals surface area contributed by atoms with Crippen molar-refractivity contribution >= 4 is 22.5 Å². The first-order valence-electron chi connectivity index (χ1n) is 6.59. The molecule has 1 aromatic heterocycles. The summed E-state index contributed by atoms with van der Waals surface area (Å²) in [5.41, 5.74) is 1.26. The smallest absolute Gasteiger partial charge is 0.262 e. The summed E-state index contributed by atoms with van der Waals surface area (Å²) >= 11 is 0. The third-order valence-corrected chi connectivity index (χ3v) is 3.80. The van der Waals surface area contributed by atoms with Crippen molar-refractivity contribution < 1.29 is 9.59 Å². The van der Waals surface area contributed by atoms with Crippen LogP contribution in [0.2, 0.25) is 0 Å². The number of hydrogen-bond acceptors (Lipinski definition) is 4. The minimum atomic E-state index is -0.559. The van der Waals surface area contributed by atoms with Crippen LogP contribution in [0.25, 0.3) is 10.9 Å². The zero-order valence-corrected chi connectivity index (χ0v) is 11.1. The van der Waals surface area contributed by atoms with Crippen molar-refractivity contribution in [3.63, 3.8) is 0 Å². The molecule has 1 unspecified atom stereocenters. The number of benzene rings is 1. The Morgan fingerprint density at radius 2 is 2.05 bits per heavy atom. The number of ketones is 2. The lowest BCUT2D eigenvalue weighted by molar-refractivity contribution is -0.132. The minimum Gasteiger partial charge on any atom is -0.299 e.